The van der Waals surface area contributed by atoms with Crippen LogP contribution in [-0.2, 0) is 22.6 Å². The van der Waals surface area contributed by atoms with Gasteiger partial charge in [0.05, 0.1) is 23.5 Å². The number of nitrogens with zero attached hydrogens (tertiary/aromatic N) is 3. The predicted molar refractivity (Wildman–Crippen MR) is 138 cm³/mol. The van der Waals surface area contributed by atoms with E-state index in [2.05, 4.69) is 12.2 Å². The summed E-state index contributed by atoms with van der Waals surface area (Å²) in [6.07, 6.45) is 0.861. The van der Waals surface area contributed by atoms with Crippen molar-refractivity contribution >= 4 is 28.5 Å². The van der Waals surface area contributed by atoms with Crippen molar-refractivity contribution in [1.29, 1.82) is 0 Å². The molecule has 0 bridgehead atoms. The van der Waals surface area contributed by atoms with Gasteiger partial charge in [0.15, 0.2) is 0 Å². The lowest BCUT2D eigenvalue weighted by Crippen LogP contribution is -2.45. The maximum atomic E-state index is 13.9. The largest absolute Gasteiger partial charge is 0.327 e. The highest BCUT2D eigenvalue weighted by Gasteiger charge is 2.40. The van der Waals surface area contributed by atoms with Crippen molar-refractivity contribution in [3.05, 3.63) is 95.3 Å². The summed E-state index contributed by atoms with van der Waals surface area (Å²) in [6.45, 7) is 6.54. The van der Waals surface area contributed by atoms with E-state index in [0.717, 1.165) is 45.7 Å². The summed E-state index contributed by atoms with van der Waals surface area (Å²) in [5, 5.41) is 3.10. The van der Waals surface area contributed by atoms with Gasteiger partial charge in [0.2, 0.25) is 11.8 Å². The zero-order valence-electron chi connectivity index (χ0n) is 20.4. The van der Waals surface area contributed by atoms with Crippen LogP contribution in [0.3, 0.4) is 0 Å². The zero-order valence-corrected chi connectivity index (χ0v) is 20.4. The van der Waals surface area contributed by atoms with Crippen LogP contribution < -0.4 is 5.32 Å². The van der Waals surface area contributed by atoms with Crippen LogP contribution in [0.4, 0.5) is 5.69 Å². The summed E-state index contributed by atoms with van der Waals surface area (Å²) in [5.41, 5.74) is 5.70. The Balaban J connectivity index is 1.52. The Hall–Kier alpha value is -3.93. The van der Waals surface area contributed by atoms with Crippen LogP contribution in [0.15, 0.2) is 72.8 Å². The van der Waals surface area contributed by atoms with E-state index in [-0.39, 0.29) is 24.3 Å². The Morgan fingerprint density at radius 3 is 2.51 bits per heavy atom. The van der Waals surface area contributed by atoms with Crippen molar-refractivity contribution in [3.63, 3.8) is 0 Å². The van der Waals surface area contributed by atoms with E-state index >= 15 is 0 Å². The van der Waals surface area contributed by atoms with Gasteiger partial charge in [-0.05, 0) is 49.1 Å². The van der Waals surface area contributed by atoms with Gasteiger partial charge in [-0.25, -0.2) is 4.98 Å². The minimum Gasteiger partial charge on any atom is -0.327 e. The molecule has 1 aromatic heterocycles. The summed E-state index contributed by atoms with van der Waals surface area (Å²) in [7, 11) is 0. The van der Waals surface area contributed by atoms with Crippen molar-refractivity contribution < 1.29 is 9.59 Å². The molecule has 1 aliphatic heterocycles. The van der Waals surface area contributed by atoms with Crippen LogP contribution in [0.25, 0.3) is 11.0 Å². The van der Waals surface area contributed by atoms with Gasteiger partial charge in [-0.2, -0.15) is 0 Å². The number of anilines is 1. The van der Waals surface area contributed by atoms with Crippen LogP contribution in [-0.4, -0.2) is 26.3 Å². The highest BCUT2D eigenvalue weighted by molar-refractivity contribution is 5.97. The molecular formula is C29H30N4O2. The topological polar surface area (TPSA) is 67.2 Å². The van der Waals surface area contributed by atoms with Crippen molar-refractivity contribution in [2.24, 2.45) is 0 Å². The zero-order chi connectivity index (χ0) is 24.5. The standard InChI is InChI=1S/C29H30N4O2/c1-4-22-14-10-11-19(2)27(22)31-26(34)17-25-29(35)32(18-21-12-6-5-7-13-21)20(3)28-30-23-15-8-9-16-24(23)33(25)28/h5-16,20,25H,4,17-18H2,1-3H3,(H,31,34)/t20-,25+/m0/s1. The molecule has 2 amide bonds. The van der Waals surface area contributed by atoms with E-state index < -0.39 is 6.04 Å². The molecule has 5 rings (SSSR count). The average Bonchev–Trinajstić information content (AvgIpc) is 3.26. The first-order chi connectivity index (χ1) is 17.0. The molecule has 6 nitrogen and oxygen atoms in total. The molecule has 0 saturated heterocycles. The quantitative estimate of drug-likeness (QED) is 0.403. The monoisotopic (exact) mass is 466 g/mol. The van der Waals surface area contributed by atoms with Gasteiger partial charge in [-0.15, -0.1) is 0 Å². The Morgan fingerprint density at radius 2 is 1.74 bits per heavy atom. The Kier molecular flexibility index (Phi) is 6.12. The van der Waals surface area contributed by atoms with Crippen LogP contribution in [0, 0.1) is 6.92 Å². The van der Waals surface area contributed by atoms with E-state index in [1.165, 1.54) is 0 Å². The molecular weight excluding hydrogens is 436 g/mol. The predicted octanol–water partition coefficient (Wildman–Crippen LogP) is 5.58. The number of benzene rings is 3. The molecule has 0 fully saturated rings. The van der Waals surface area contributed by atoms with Gasteiger partial charge in [-0.3, -0.25) is 9.59 Å². The second kappa shape index (κ2) is 9.37. The van der Waals surface area contributed by atoms with Gasteiger partial charge in [0.1, 0.15) is 11.9 Å². The molecule has 2 heterocycles. The van der Waals surface area contributed by atoms with Crippen LogP contribution in [0.1, 0.15) is 54.9 Å². The maximum Gasteiger partial charge on any atom is 0.247 e. The van der Waals surface area contributed by atoms with Gasteiger partial charge in [0.25, 0.3) is 0 Å². The molecule has 6 heteroatoms. The number of para-hydroxylation sites is 3. The van der Waals surface area contributed by atoms with Crippen molar-refractivity contribution in [2.75, 3.05) is 5.32 Å². The number of carbonyl (C=O) groups is 2. The molecule has 178 valence electrons. The maximum absolute atomic E-state index is 13.9. The smallest absolute Gasteiger partial charge is 0.247 e. The number of amides is 2. The molecule has 0 radical (unpaired) electrons. The van der Waals surface area contributed by atoms with Gasteiger partial charge in [0, 0.05) is 12.2 Å². The molecule has 35 heavy (non-hydrogen) atoms. The fraction of sp³-hybridized carbons (Fsp3) is 0.276. The lowest BCUT2D eigenvalue weighted by Gasteiger charge is -2.38. The number of aryl methyl sites for hydroxylation is 2. The van der Waals surface area contributed by atoms with Gasteiger partial charge in [-0.1, -0.05) is 67.6 Å². The van der Waals surface area contributed by atoms with Gasteiger partial charge < -0.3 is 14.8 Å². The number of fused-ring (bicyclic) bond motifs is 3. The second-order valence-electron chi connectivity index (χ2n) is 9.19. The minimum absolute atomic E-state index is 0.0433. The number of aromatic nitrogens is 2. The highest BCUT2D eigenvalue weighted by atomic mass is 16.2. The Bertz CT molecular complexity index is 1390. The third-order valence-corrected chi connectivity index (χ3v) is 6.92. The fourth-order valence-electron chi connectivity index (χ4n) is 5.06. The first kappa shape index (κ1) is 22.8. The summed E-state index contributed by atoms with van der Waals surface area (Å²) in [5.74, 6) is 0.572. The second-order valence-corrected chi connectivity index (χ2v) is 9.19. The summed E-state index contributed by atoms with van der Waals surface area (Å²) >= 11 is 0. The first-order valence-electron chi connectivity index (χ1n) is 12.2. The third kappa shape index (κ3) is 4.20. The number of imidazole rings is 1. The molecule has 1 aliphatic rings. The lowest BCUT2D eigenvalue weighted by molar-refractivity contribution is -0.142. The molecule has 0 aliphatic carbocycles. The molecule has 4 aromatic rings. The van der Waals surface area contributed by atoms with Crippen molar-refractivity contribution in [3.8, 4) is 0 Å². The van der Waals surface area contributed by atoms with E-state index in [1.54, 1.807) is 0 Å². The molecule has 3 aromatic carbocycles. The van der Waals surface area contributed by atoms with E-state index in [0.29, 0.717) is 6.54 Å². The number of nitrogens with one attached hydrogen (secondary N) is 1. The minimum atomic E-state index is -0.661. The van der Waals surface area contributed by atoms with Gasteiger partial charge >= 0.3 is 0 Å². The Labute approximate surface area is 205 Å². The summed E-state index contributed by atoms with van der Waals surface area (Å²) in [6, 6.07) is 22.9. The fourth-order valence-corrected chi connectivity index (χ4v) is 5.06. The number of carbonyl (C=O) groups excluding carboxylic acids is 2. The van der Waals surface area contributed by atoms with Crippen molar-refractivity contribution in [2.45, 2.75) is 52.2 Å². The average molecular weight is 467 g/mol. The number of hydrogen-bond donors (Lipinski definition) is 1. The molecule has 1 N–H and O–H groups in total. The van der Waals surface area contributed by atoms with E-state index in [4.69, 9.17) is 4.98 Å². The van der Waals surface area contributed by atoms with Crippen LogP contribution >= 0.6 is 0 Å². The SMILES string of the molecule is CCc1cccc(C)c1NC(=O)C[C@@H]1C(=O)N(Cc2ccccc2)[C@@H](C)c2nc3ccccc3n21. The number of rotatable bonds is 6. The van der Waals surface area contributed by atoms with E-state index in [1.807, 2.05) is 96.1 Å². The van der Waals surface area contributed by atoms with Crippen LogP contribution in [0.2, 0.25) is 0 Å². The number of hydrogen-bond acceptors (Lipinski definition) is 3. The normalized spacial score (nSPS) is 17.5. The van der Waals surface area contributed by atoms with E-state index in [9.17, 15) is 9.59 Å². The molecule has 2 atom stereocenters. The molecule has 0 spiro atoms. The summed E-state index contributed by atoms with van der Waals surface area (Å²) < 4.78 is 1.97. The lowest BCUT2D eigenvalue weighted by atomic mass is 10.0. The van der Waals surface area contributed by atoms with Crippen LogP contribution in [0.5, 0.6) is 0 Å². The molecule has 0 unspecified atom stereocenters. The molecule has 0 saturated carbocycles. The third-order valence-electron chi connectivity index (χ3n) is 6.92. The summed E-state index contributed by atoms with van der Waals surface area (Å²) in [4.78, 5) is 34.0. The highest BCUT2D eigenvalue weighted by Crippen LogP contribution is 2.37. The Morgan fingerprint density at radius 1 is 1.00 bits per heavy atom. The van der Waals surface area contributed by atoms with Crippen molar-refractivity contribution in [1.82, 2.24) is 14.5 Å². The first-order valence-corrected chi connectivity index (χ1v) is 12.2.